The van der Waals surface area contributed by atoms with E-state index in [1.54, 1.807) is 40.0 Å². The summed E-state index contributed by atoms with van der Waals surface area (Å²) in [6.07, 6.45) is 3.18. The Balaban J connectivity index is 1.87. The normalized spacial score (nSPS) is 10.5. The third kappa shape index (κ3) is 3.78. The molecule has 2 amide bonds. The molecule has 0 saturated heterocycles. The van der Waals surface area contributed by atoms with Crippen LogP contribution in [0, 0.1) is 6.92 Å². The number of aromatic nitrogens is 3. The summed E-state index contributed by atoms with van der Waals surface area (Å²) in [5, 5.41) is 7.14. The van der Waals surface area contributed by atoms with Gasteiger partial charge in [-0.15, -0.1) is 0 Å². The van der Waals surface area contributed by atoms with E-state index < -0.39 is 0 Å². The summed E-state index contributed by atoms with van der Waals surface area (Å²) in [7, 11) is 0. The molecule has 0 unspecified atom stereocenters. The molecule has 0 bridgehead atoms. The molecular formula is C21H23N5O2. The van der Waals surface area contributed by atoms with E-state index in [1.165, 1.54) is 6.20 Å². The molecular weight excluding hydrogens is 354 g/mol. The first-order valence-electron chi connectivity index (χ1n) is 9.22. The lowest BCUT2D eigenvalue weighted by molar-refractivity contribution is 0.0774. The molecule has 0 atom stereocenters. The second-order valence-corrected chi connectivity index (χ2v) is 6.22. The van der Waals surface area contributed by atoms with Crippen LogP contribution in [0.5, 0.6) is 0 Å². The van der Waals surface area contributed by atoms with Gasteiger partial charge in [0.05, 0.1) is 28.7 Å². The van der Waals surface area contributed by atoms with Crippen molar-refractivity contribution in [3.63, 3.8) is 0 Å². The summed E-state index contributed by atoms with van der Waals surface area (Å²) >= 11 is 0. The third-order valence-corrected chi connectivity index (χ3v) is 4.58. The van der Waals surface area contributed by atoms with Crippen molar-refractivity contribution < 1.29 is 9.59 Å². The fourth-order valence-electron chi connectivity index (χ4n) is 2.99. The Labute approximate surface area is 164 Å². The lowest BCUT2D eigenvalue weighted by Crippen LogP contribution is -2.31. The molecule has 0 saturated carbocycles. The van der Waals surface area contributed by atoms with Crippen LogP contribution < -0.4 is 5.32 Å². The number of hydrogen-bond donors (Lipinski definition) is 1. The Morgan fingerprint density at radius 1 is 1.04 bits per heavy atom. The van der Waals surface area contributed by atoms with E-state index in [4.69, 9.17) is 0 Å². The van der Waals surface area contributed by atoms with Crippen LogP contribution in [-0.4, -0.2) is 44.6 Å². The Hall–Kier alpha value is -3.48. The summed E-state index contributed by atoms with van der Waals surface area (Å²) in [5.74, 6) is 0.206. The molecule has 0 fully saturated rings. The first-order chi connectivity index (χ1) is 13.6. The highest BCUT2D eigenvalue weighted by atomic mass is 16.2. The highest BCUT2D eigenvalue weighted by Gasteiger charge is 2.20. The number of nitrogens with one attached hydrogen (secondary N) is 1. The van der Waals surface area contributed by atoms with Crippen LogP contribution in [-0.2, 0) is 0 Å². The summed E-state index contributed by atoms with van der Waals surface area (Å²) in [4.78, 5) is 31.6. The summed E-state index contributed by atoms with van der Waals surface area (Å²) < 4.78 is 1.61. The van der Waals surface area contributed by atoms with Crippen molar-refractivity contribution >= 4 is 17.5 Å². The van der Waals surface area contributed by atoms with Gasteiger partial charge in [0.1, 0.15) is 0 Å². The van der Waals surface area contributed by atoms with E-state index in [-0.39, 0.29) is 11.8 Å². The second kappa shape index (κ2) is 8.47. The maximum atomic E-state index is 12.9. The van der Waals surface area contributed by atoms with E-state index in [9.17, 15) is 9.59 Å². The van der Waals surface area contributed by atoms with Crippen LogP contribution in [0.1, 0.15) is 40.3 Å². The second-order valence-electron chi connectivity index (χ2n) is 6.22. The van der Waals surface area contributed by atoms with Crippen molar-refractivity contribution in [1.82, 2.24) is 19.7 Å². The number of nitrogens with zero attached hydrogens (tertiary/aromatic N) is 4. The Kier molecular flexibility index (Phi) is 5.84. The molecule has 0 aliphatic carbocycles. The van der Waals surface area contributed by atoms with Crippen molar-refractivity contribution in [2.45, 2.75) is 20.8 Å². The molecule has 28 heavy (non-hydrogen) atoms. The summed E-state index contributed by atoms with van der Waals surface area (Å²) in [5.41, 5.74) is 2.04. The molecule has 7 nitrogen and oxygen atoms in total. The number of rotatable bonds is 6. The fourth-order valence-corrected chi connectivity index (χ4v) is 2.99. The van der Waals surface area contributed by atoms with Gasteiger partial charge < -0.3 is 10.2 Å². The molecule has 2 aromatic heterocycles. The van der Waals surface area contributed by atoms with E-state index >= 15 is 0 Å². The van der Waals surface area contributed by atoms with Crippen molar-refractivity contribution in [2.75, 3.05) is 18.4 Å². The minimum atomic E-state index is -0.320. The zero-order valence-electron chi connectivity index (χ0n) is 16.2. The van der Waals surface area contributed by atoms with Crippen molar-refractivity contribution in [3.05, 3.63) is 71.7 Å². The molecule has 2 heterocycles. The maximum absolute atomic E-state index is 12.9. The van der Waals surface area contributed by atoms with Crippen LogP contribution in [0.25, 0.3) is 5.82 Å². The van der Waals surface area contributed by atoms with E-state index in [0.717, 1.165) is 0 Å². The number of hydrogen-bond acceptors (Lipinski definition) is 4. The van der Waals surface area contributed by atoms with Gasteiger partial charge >= 0.3 is 0 Å². The number of anilines is 1. The highest BCUT2D eigenvalue weighted by molar-refractivity contribution is 6.09. The van der Waals surface area contributed by atoms with E-state index in [1.807, 2.05) is 39.0 Å². The number of carbonyl (C=O) groups is 2. The molecule has 0 spiro atoms. The van der Waals surface area contributed by atoms with Gasteiger partial charge in [0, 0.05) is 19.3 Å². The van der Waals surface area contributed by atoms with Gasteiger partial charge in [-0.3, -0.25) is 9.59 Å². The molecule has 0 radical (unpaired) electrons. The van der Waals surface area contributed by atoms with Gasteiger partial charge in [0.2, 0.25) is 0 Å². The minimum Gasteiger partial charge on any atom is -0.339 e. The van der Waals surface area contributed by atoms with E-state index in [2.05, 4.69) is 15.4 Å². The summed E-state index contributed by atoms with van der Waals surface area (Å²) in [6, 6.07) is 12.5. The van der Waals surface area contributed by atoms with Crippen molar-refractivity contribution in [1.29, 1.82) is 0 Å². The van der Waals surface area contributed by atoms with Crippen molar-refractivity contribution in [2.24, 2.45) is 0 Å². The highest BCUT2D eigenvalue weighted by Crippen LogP contribution is 2.20. The quantitative estimate of drug-likeness (QED) is 0.715. The number of carbonyl (C=O) groups excluding carboxylic acids is 2. The monoisotopic (exact) mass is 377 g/mol. The smallest absolute Gasteiger partial charge is 0.259 e. The van der Waals surface area contributed by atoms with Gasteiger partial charge in [-0.25, -0.2) is 9.67 Å². The van der Waals surface area contributed by atoms with Gasteiger partial charge in [-0.1, -0.05) is 18.2 Å². The SMILES string of the molecule is CCN(CC)C(=O)c1ccccc1NC(=O)c1cnn(-c2ccccn2)c1C. The standard InChI is InChI=1S/C21H23N5O2/c1-4-25(5-2)21(28)16-10-6-7-11-18(16)24-20(27)17-14-23-26(15(17)3)19-12-8-9-13-22-19/h6-14H,4-5H2,1-3H3,(H,24,27). The molecule has 0 aliphatic heterocycles. The molecule has 3 rings (SSSR count). The van der Waals surface area contributed by atoms with Gasteiger partial charge in [-0.2, -0.15) is 5.10 Å². The molecule has 0 aliphatic rings. The average Bonchev–Trinajstić information content (AvgIpc) is 3.11. The van der Waals surface area contributed by atoms with Crippen LogP contribution in [0.4, 0.5) is 5.69 Å². The zero-order valence-corrected chi connectivity index (χ0v) is 16.2. The van der Waals surface area contributed by atoms with Gasteiger partial charge in [0.15, 0.2) is 5.82 Å². The van der Waals surface area contributed by atoms with Crippen LogP contribution >= 0.6 is 0 Å². The number of pyridine rings is 1. The first kappa shape index (κ1) is 19.3. The molecule has 1 aromatic carbocycles. The van der Waals surface area contributed by atoms with Crippen molar-refractivity contribution in [3.8, 4) is 5.82 Å². The predicted molar refractivity (Wildman–Crippen MR) is 108 cm³/mol. The van der Waals surface area contributed by atoms with Gasteiger partial charge in [0.25, 0.3) is 11.8 Å². The average molecular weight is 377 g/mol. The number of benzene rings is 1. The lowest BCUT2D eigenvalue weighted by Gasteiger charge is -2.20. The van der Waals surface area contributed by atoms with E-state index in [0.29, 0.717) is 41.4 Å². The first-order valence-corrected chi connectivity index (χ1v) is 9.22. The molecule has 7 heteroatoms. The van der Waals surface area contributed by atoms with Gasteiger partial charge in [-0.05, 0) is 45.0 Å². The largest absolute Gasteiger partial charge is 0.339 e. The van der Waals surface area contributed by atoms with Crippen LogP contribution in [0.15, 0.2) is 54.9 Å². The molecule has 3 aromatic rings. The Morgan fingerprint density at radius 2 is 1.75 bits per heavy atom. The Bertz CT molecular complexity index is 977. The summed E-state index contributed by atoms with van der Waals surface area (Å²) in [6.45, 7) is 6.88. The number of para-hydroxylation sites is 1. The third-order valence-electron chi connectivity index (χ3n) is 4.58. The molecule has 1 N–H and O–H groups in total. The molecule has 144 valence electrons. The topological polar surface area (TPSA) is 80.1 Å². The minimum absolute atomic E-state index is 0.109. The Morgan fingerprint density at radius 3 is 2.43 bits per heavy atom. The maximum Gasteiger partial charge on any atom is 0.259 e. The lowest BCUT2D eigenvalue weighted by atomic mass is 10.1. The predicted octanol–water partition coefficient (Wildman–Crippen LogP) is 3.31. The number of amides is 2. The van der Waals surface area contributed by atoms with Crippen LogP contribution in [0.3, 0.4) is 0 Å². The zero-order chi connectivity index (χ0) is 20.1. The fraction of sp³-hybridized carbons (Fsp3) is 0.238. The van der Waals surface area contributed by atoms with Crippen LogP contribution in [0.2, 0.25) is 0 Å².